The summed E-state index contributed by atoms with van der Waals surface area (Å²) < 4.78 is 16.0. The molecule has 1 aliphatic heterocycles. The molecule has 2 aromatic carbocycles. The van der Waals surface area contributed by atoms with E-state index >= 15 is 0 Å². The van der Waals surface area contributed by atoms with Crippen molar-refractivity contribution in [3.63, 3.8) is 0 Å². The summed E-state index contributed by atoms with van der Waals surface area (Å²) in [7, 11) is 0. The second kappa shape index (κ2) is 7.83. The maximum absolute atomic E-state index is 13.2. The Morgan fingerprint density at radius 2 is 1.91 bits per heavy atom. The Morgan fingerprint density at radius 3 is 2.67 bits per heavy atom. The highest BCUT2D eigenvalue weighted by molar-refractivity contribution is 6.02. The number of carbonyl (C=O) groups excluding carboxylic acids is 2. The van der Waals surface area contributed by atoms with E-state index in [4.69, 9.17) is 14.2 Å². The van der Waals surface area contributed by atoms with Gasteiger partial charge in [0, 0.05) is 29.1 Å². The van der Waals surface area contributed by atoms with Gasteiger partial charge in [-0.05, 0) is 61.7 Å². The van der Waals surface area contributed by atoms with Gasteiger partial charge in [-0.15, -0.1) is 0 Å². The number of hydrogen-bond acceptors (Lipinski definition) is 5. The number of rotatable bonds is 7. The first-order chi connectivity index (χ1) is 15.8. The summed E-state index contributed by atoms with van der Waals surface area (Å²) in [5.74, 6) is 1.18. The fourth-order valence-corrected chi connectivity index (χ4v) is 4.46. The molecule has 1 aromatic heterocycles. The van der Waals surface area contributed by atoms with Crippen LogP contribution in [0.4, 0.5) is 5.69 Å². The highest BCUT2D eigenvalue weighted by Crippen LogP contribution is 2.51. The number of amides is 1. The van der Waals surface area contributed by atoms with Crippen LogP contribution in [0.2, 0.25) is 0 Å². The lowest BCUT2D eigenvalue weighted by Gasteiger charge is -2.22. The zero-order chi connectivity index (χ0) is 23.2. The van der Waals surface area contributed by atoms with E-state index < -0.39 is 10.8 Å². The Labute approximate surface area is 193 Å². The fourth-order valence-electron chi connectivity index (χ4n) is 4.46. The maximum atomic E-state index is 13.2. The lowest BCUT2D eigenvalue weighted by atomic mass is 9.86. The Hall–Kier alpha value is -3.48. The molecule has 33 heavy (non-hydrogen) atoms. The normalized spacial score (nSPS) is 16.0. The molecule has 0 radical (unpaired) electrons. The second-order valence-electron chi connectivity index (χ2n) is 9.45. The zero-order valence-corrected chi connectivity index (χ0v) is 19.1. The van der Waals surface area contributed by atoms with Crippen molar-refractivity contribution in [2.75, 3.05) is 18.7 Å². The van der Waals surface area contributed by atoms with Crippen LogP contribution in [0.25, 0.3) is 10.9 Å². The van der Waals surface area contributed by atoms with Crippen LogP contribution in [0.15, 0.2) is 42.5 Å². The van der Waals surface area contributed by atoms with Gasteiger partial charge in [0.05, 0.1) is 18.4 Å². The van der Waals surface area contributed by atoms with E-state index in [1.165, 1.54) is 0 Å². The highest BCUT2D eigenvalue weighted by Gasteiger charge is 2.51. The molecule has 2 N–H and O–H groups in total. The summed E-state index contributed by atoms with van der Waals surface area (Å²) in [4.78, 5) is 28.7. The molecule has 174 valence electrons. The number of hydrogen-bond donors (Lipinski definition) is 2. The number of aromatic nitrogens is 1. The Balaban J connectivity index is 0.00000274. The molecule has 5 rings (SSSR count). The molecule has 0 unspecified atom stereocenters. The van der Waals surface area contributed by atoms with Gasteiger partial charge in [-0.2, -0.15) is 0 Å². The van der Waals surface area contributed by atoms with Gasteiger partial charge in [0.1, 0.15) is 0 Å². The molecule has 2 heterocycles. The molecule has 1 saturated carbocycles. The van der Waals surface area contributed by atoms with Gasteiger partial charge in [0.15, 0.2) is 11.5 Å². The fraction of sp³-hybridized carbons (Fsp3) is 0.385. The number of esters is 1. The van der Waals surface area contributed by atoms with Crippen molar-refractivity contribution in [3.8, 4) is 11.5 Å². The van der Waals surface area contributed by atoms with Crippen molar-refractivity contribution in [1.29, 1.82) is 0 Å². The van der Waals surface area contributed by atoms with Crippen LogP contribution < -0.4 is 14.8 Å². The van der Waals surface area contributed by atoms with Crippen LogP contribution in [0, 0.1) is 0 Å². The summed E-state index contributed by atoms with van der Waals surface area (Å²) in [5.41, 5.74) is 2.68. The van der Waals surface area contributed by atoms with Crippen molar-refractivity contribution >= 4 is 28.5 Å². The van der Waals surface area contributed by atoms with E-state index in [0.717, 1.165) is 46.4 Å². The molecule has 1 amide bonds. The molecule has 7 nitrogen and oxygen atoms in total. The van der Waals surface area contributed by atoms with E-state index in [0.29, 0.717) is 12.4 Å². The van der Waals surface area contributed by atoms with Crippen molar-refractivity contribution < 1.29 is 25.2 Å². The van der Waals surface area contributed by atoms with Crippen LogP contribution in [-0.2, 0) is 25.2 Å². The van der Waals surface area contributed by atoms with Gasteiger partial charge in [-0.1, -0.05) is 19.9 Å². The van der Waals surface area contributed by atoms with Gasteiger partial charge < -0.3 is 24.5 Å². The summed E-state index contributed by atoms with van der Waals surface area (Å²) in [6.45, 7) is 6.42. The third-order valence-electron chi connectivity index (χ3n) is 6.61. The maximum Gasteiger partial charge on any atom is 0.306 e. The minimum absolute atomic E-state index is 0. The predicted molar refractivity (Wildman–Crippen MR) is 127 cm³/mol. The Kier molecular flexibility index (Phi) is 5.07. The monoisotopic (exact) mass is 450 g/mol. The van der Waals surface area contributed by atoms with Gasteiger partial charge >= 0.3 is 5.97 Å². The van der Waals surface area contributed by atoms with Crippen molar-refractivity contribution in [1.82, 2.24) is 4.98 Å². The molecule has 0 atom stereocenters. The average molecular weight is 451 g/mol. The largest absolute Gasteiger partial charge is 0.466 e. The molecule has 7 heteroatoms. The number of anilines is 1. The number of benzene rings is 2. The predicted octanol–water partition coefficient (Wildman–Crippen LogP) is 5.04. The number of aromatic amines is 1. The number of nitrogens with one attached hydrogen (secondary N) is 2. The summed E-state index contributed by atoms with van der Waals surface area (Å²) in [5, 5.41) is 4.08. The van der Waals surface area contributed by atoms with Crippen LogP contribution in [0.1, 0.15) is 52.7 Å². The first-order valence-electron chi connectivity index (χ1n) is 11.3. The minimum Gasteiger partial charge on any atom is -0.466 e. The molecule has 3 aromatic rings. The highest BCUT2D eigenvalue weighted by atomic mass is 16.7. The lowest BCUT2D eigenvalue weighted by Crippen LogP contribution is -2.27. The third kappa shape index (κ3) is 3.92. The van der Waals surface area contributed by atoms with Crippen LogP contribution >= 0.6 is 0 Å². The first-order valence-corrected chi connectivity index (χ1v) is 11.3. The first kappa shape index (κ1) is 21.4. The van der Waals surface area contributed by atoms with E-state index in [9.17, 15) is 9.59 Å². The van der Waals surface area contributed by atoms with Crippen LogP contribution in [0.5, 0.6) is 11.5 Å². The second-order valence-corrected chi connectivity index (χ2v) is 9.45. The van der Waals surface area contributed by atoms with Gasteiger partial charge in [-0.3, -0.25) is 9.59 Å². The Bertz CT molecular complexity index is 1250. The van der Waals surface area contributed by atoms with Crippen LogP contribution in [-0.4, -0.2) is 30.3 Å². The van der Waals surface area contributed by atoms with E-state index in [2.05, 4.69) is 10.3 Å². The van der Waals surface area contributed by atoms with Gasteiger partial charge in [0.2, 0.25) is 12.7 Å². The molecule has 0 bridgehead atoms. The number of H-pyrrole nitrogens is 1. The molecular formula is C26H30N2O5. The zero-order valence-electron chi connectivity index (χ0n) is 19.1. The molecular weight excluding hydrogens is 420 g/mol. The van der Waals surface area contributed by atoms with Crippen LogP contribution in [0.3, 0.4) is 0 Å². The summed E-state index contributed by atoms with van der Waals surface area (Å²) in [6, 6.07) is 13.6. The molecule has 0 spiro atoms. The average Bonchev–Trinajstić information content (AvgIpc) is 3.25. The molecule has 1 aliphatic carbocycles. The standard InChI is InChI=1S/C26H28N2O5.H2/c1-4-31-23(29)14-25(2,3)22-12-16-11-18(6-7-19(16)28-22)27-24(30)26(9-10-26)17-5-8-20-21(13-17)33-15-32-20;/h5-8,11-13,28H,4,9-10,14-15H2,1-3H3,(H,27,30);1H. The third-order valence-corrected chi connectivity index (χ3v) is 6.61. The number of ether oxygens (including phenoxy) is 3. The van der Waals surface area contributed by atoms with E-state index in [1.54, 1.807) is 0 Å². The van der Waals surface area contributed by atoms with E-state index in [1.807, 2.05) is 63.2 Å². The van der Waals surface area contributed by atoms with E-state index in [-0.39, 0.29) is 26.5 Å². The molecule has 2 aliphatic rings. The number of carbonyl (C=O) groups is 2. The van der Waals surface area contributed by atoms with Gasteiger partial charge in [-0.25, -0.2) is 0 Å². The quantitative estimate of drug-likeness (QED) is 0.492. The lowest BCUT2D eigenvalue weighted by molar-refractivity contribution is -0.144. The summed E-state index contributed by atoms with van der Waals surface area (Å²) >= 11 is 0. The summed E-state index contributed by atoms with van der Waals surface area (Å²) in [6.07, 6.45) is 1.89. The molecule has 0 saturated heterocycles. The van der Waals surface area contributed by atoms with Crippen molar-refractivity contribution in [3.05, 3.63) is 53.7 Å². The SMILES string of the molecule is CCOC(=O)CC(C)(C)c1cc2cc(NC(=O)C3(c4ccc5c(c4)OCO5)CC3)ccc2[nH]1.[HH]. The molecule has 1 fully saturated rings. The topological polar surface area (TPSA) is 89.7 Å². The van der Waals surface area contributed by atoms with Crippen molar-refractivity contribution in [2.24, 2.45) is 0 Å². The number of fused-ring (bicyclic) bond motifs is 2. The smallest absolute Gasteiger partial charge is 0.306 e. The van der Waals surface area contributed by atoms with Gasteiger partial charge in [0.25, 0.3) is 0 Å². The van der Waals surface area contributed by atoms with Crippen molar-refractivity contribution in [2.45, 2.75) is 50.9 Å². The Morgan fingerprint density at radius 1 is 1.12 bits per heavy atom. The minimum atomic E-state index is -0.527.